The van der Waals surface area contributed by atoms with Crippen LogP contribution < -0.4 is 0 Å². The Morgan fingerprint density at radius 2 is 1.70 bits per heavy atom. The second kappa shape index (κ2) is 7.86. The monoisotopic (exact) mass is 412 g/mol. The number of amides is 1. The van der Waals surface area contributed by atoms with E-state index < -0.39 is 0 Å². The maximum Gasteiger partial charge on any atom is 0.278 e. The number of hydroxylamine groups is 2. The first kappa shape index (κ1) is 18.7. The molecule has 30 heavy (non-hydrogen) atoms. The van der Waals surface area contributed by atoms with Gasteiger partial charge in [0.1, 0.15) is 6.10 Å². The lowest BCUT2D eigenvalue weighted by molar-refractivity contribution is -0.162. The Hall–Kier alpha value is -3.28. The van der Waals surface area contributed by atoms with Gasteiger partial charge in [0.05, 0.1) is 6.54 Å². The van der Waals surface area contributed by atoms with E-state index in [0.29, 0.717) is 12.1 Å². The highest BCUT2D eigenvalue weighted by atomic mass is 32.1. The minimum absolute atomic E-state index is 0.0945. The molecule has 5 rings (SSSR count). The van der Waals surface area contributed by atoms with Crippen LogP contribution in [0.1, 0.15) is 34.5 Å². The van der Waals surface area contributed by atoms with Crippen LogP contribution in [0, 0.1) is 0 Å². The lowest BCUT2D eigenvalue weighted by Crippen LogP contribution is -2.25. The summed E-state index contributed by atoms with van der Waals surface area (Å²) >= 11 is 1.73. The zero-order valence-electron chi connectivity index (χ0n) is 16.5. The van der Waals surface area contributed by atoms with Gasteiger partial charge in [0, 0.05) is 22.8 Å². The molecule has 0 bridgehead atoms. The number of hydrogen-bond acceptors (Lipinski definition) is 4. The lowest BCUT2D eigenvalue weighted by atomic mass is 9.99. The van der Waals surface area contributed by atoms with Crippen LogP contribution in [0.2, 0.25) is 0 Å². The van der Waals surface area contributed by atoms with E-state index in [9.17, 15) is 4.79 Å². The van der Waals surface area contributed by atoms with Gasteiger partial charge in [-0.3, -0.25) is 14.6 Å². The first-order chi connectivity index (χ1) is 14.7. The van der Waals surface area contributed by atoms with E-state index in [2.05, 4.69) is 52.8 Å². The molecule has 1 atom stereocenters. The summed E-state index contributed by atoms with van der Waals surface area (Å²) in [6.45, 7) is 2.40. The van der Waals surface area contributed by atoms with Crippen molar-refractivity contribution in [1.29, 1.82) is 0 Å². The SMILES string of the molecule is CC(ON1Cc2ccc(-c3ccc(-c4cccs4)cc3)cc2C1=O)c1ccncc1. The molecule has 0 spiro atoms. The van der Waals surface area contributed by atoms with E-state index in [1.807, 2.05) is 31.2 Å². The molecule has 1 amide bonds. The summed E-state index contributed by atoms with van der Waals surface area (Å²) in [5.41, 5.74) is 6.01. The van der Waals surface area contributed by atoms with Crippen LogP contribution in [0.3, 0.4) is 0 Å². The standard InChI is InChI=1S/C25H20N2O2S/c1-17(18-10-12-26-13-11-18)29-27-16-22-9-8-21(15-23(22)25(27)28)19-4-6-20(7-5-19)24-3-2-14-30-24/h2-15,17H,16H2,1H3. The van der Waals surface area contributed by atoms with Gasteiger partial charge in [-0.05, 0) is 64.4 Å². The molecule has 4 nitrogen and oxygen atoms in total. The second-order valence-corrected chi connectivity index (χ2v) is 8.24. The average molecular weight is 413 g/mol. The first-order valence-corrected chi connectivity index (χ1v) is 10.7. The molecule has 2 aromatic heterocycles. The van der Waals surface area contributed by atoms with Crippen molar-refractivity contribution in [2.45, 2.75) is 19.6 Å². The molecule has 0 radical (unpaired) electrons. The zero-order valence-corrected chi connectivity index (χ0v) is 17.3. The minimum atomic E-state index is -0.226. The number of carbonyl (C=O) groups excluding carboxylic acids is 1. The van der Waals surface area contributed by atoms with Crippen molar-refractivity contribution in [2.75, 3.05) is 0 Å². The molecule has 1 aliphatic heterocycles. The highest BCUT2D eigenvalue weighted by molar-refractivity contribution is 7.13. The fourth-order valence-corrected chi connectivity index (χ4v) is 4.43. The van der Waals surface area contributed by atoms with Crippen molar-refractivity contribution in [3.8, 4) is 21.6 Å². The quantitative estimate of drug-likeness (QED) is 0.396. The van der Waals surface area contributed by atoms with E-state index in [0.717, 1.165) is 22.3 Å². The Morgan fingerprint density at radius 1 is 0.967 bits per heavy atom. The van der Waals surface area contributed by atoms with Crippen molar-refractivity contribution in [1.82, 2.24) is 10.0 Å². The normalized spacial score (nSPS) is 14.0. The van der Waals surface area contributed by atoms with E-state index in [1.165, 1.54) is 15.5 Å². The lowest BCUT2D eigenvalue weighted by Gasteiger charge is -2.20. The van der Waals surface area contributed by atoms with Gasteiger partial charge in [-0.15, -0.1) is 11.3 Å². The molecule has 0 aliphatic carbocycles. The average Bonchev–Trinajstić information content (AvgIpc) is 3.43. The zero-order chi connectivity index (χ0) is 20.5. The van der Waals surface area contributed by atoms with Crippen molar-refractivity contribution in [3.63, 3.8) is 0 Å². The third-order valence-corrected chi connectivity index (χ3v) is 6.28. The predicted octanol–water partition coefficient (Wildman–Crippen LogP) is 6.13. The summed E-state index contributed by atoms with van der Waals surface area (Å²) < 4.78 is 0. The summed E-state index contributed by atoms with van der Waals surface area (Å²) in [7, 11) is 0. The number of aromatic nitrogens is 1. The molecule has 0 N–H and O–H groups in total. The summed E-state index contributed by atoms with van der Waals surface area (Å²) in [4.78, 5) is 24.2. The first-order valence-electron chi connectivity index (χ1n) is 9.85. The Labute approximate surface area is 179 Å². The number of nitrogens with zero attached hydrogens (tertiary/aromatic N) is 2. The van der Waals surface area contributed by atoms with E-state index in [-0.39, 0.29) is 12.0 Å². The summed E-state index contributed by atoms with van der Waals surface area (Å²) in [6.07, 6.45) is 3.23. The summed E-state index contributed by atoms with van der Waals surface area (Å²) in [6, 6.07) is 22.5. The van der Waals surface area contributed by atoms with Crippen LogP contribution in [-0.2, 0) is 11.4 Å². The second-order valence-electron chi connectivity index (χ2n) is 7.30. The molecule has 3 heterocycles. The molecule has 148 valence electrons. The van der Waals surface area contributed by atoms with Crippen molar-refractivity contribution in [3.05, 3.63) is 101 Å². The van der Waals surface area contributed by atoms with Gasteiger partial charge < -0.3 is 0 Å². The number of carbonyl (C=O) groups is 1. The molecular formula is C25H20N2O2S. The third kappa shape index (κ3) is 3.54. The number of rotatable bonds is 5. The largest absolute Gasteiger partial charge is 0.278 e. The summed E-state index contributed by atoms with van der Waals surface area (Å²) in [5.74, 6) is -0.0945. The number of hydrogen-bond donors (Lipinski definition) is 0. The van der Waals surface area contributed by atoms with Crippen LogP contribution in [-0.4, -0.2) is 16.0 Å². The van der Waals surface area contributed by atoms with Crippen LogP contribution in [0.15, 0.2) is 84.5 Å². The molecule has 1 aliphatic rings. The van der Waals surface area contributed by atoms with Gasteiger partial charge in [0.2, 0.25) is 0 Å². The Kier molecular flexibility index (Phi) is 4.91. The molecular weight excluding hydrogens is 392 g/mol. The van der Waals surface area contributed by atoms with Gasteiger partial charge >= 0.3 is 0 Å². The molecule has 5 heteroatoms. The van der Waals surface area contributed by atoms with Crippen molar-refractivity contribution >= 4 is 17.2 Å². The fourth-order valence-electron chi connectivity index (χ4n) is 3.69. The van der Waals surface area contributed by atoms with Gasteiger partial charge in [0.15, 0.2) is 0 Å². The fraction of sp³-hybridized carbons (Fsp3) is 0.120. The Balaban J connectivity index is 1.35. The molecule has 2 aromatic carbocycles. The predicted molar refractivity (Wildman–Crippen MR) is 119 cm³/mol. The maximum atomic E-state index is 12.9. The molecule has 4 aromatic rings. The number of thiophene rings is 1. The van der Waals surface area contributed by atoms with Crippen LogP contribution >= 0.6 is 11.3 Å². The van der Waals surface area contributed by atoms with Gasteiger partial charge in [-0.2, -0.15) is 0 Å². The maximum absolute atomic E-state index is 12.9. The van der Waals surface area contributed by atoms with E-state index in [4.69, 9.17) is 4.84 Å². The molecule has 0 saturated heterocycles. The van der Waals surface area contributed by atoms with E-state index in [1.54, 1.807) is 23.7 Å². The smallest absolute Gasteiger partial charge is 0.267 e. The summed E-state index contributed by atoms with van der Waals surface area (Å²) in [5, 5.41) is 3.54. The van der Waals surface area contributed by atoms with Crippen molar-refractivity contribution < 1.29 is 9.63 Å². The topological polar surface area (TPSA) is 42.4 Å². The highest BCUT2D eigenvalue weighted by Crippen LogP contribution is 2.32. The van der Waals surface area contributed by atoms with Crippen LogP contribution in [0.4, 0.5) is 0 Å². The number of benzene rings is 2. The van der Waals surface area contributed by atoms with Gasteiger partial charge in [-0.25, -0.2) is 5.06 Å². The number of pyridine rings is 1. The third-order valence-electron chi connectivity index (χ3n) is 5.37. The molecule has 0 saturated carbocycles. The molecule has 1 unspecified atom stereocenters. The van der Waals surface area contributed by atoms with E-state index >= 15 is 0 Å². The Bertz CT molecular complexity index is 1170. The van der Waals surface area contributed by atoms with Crippen LogP contribution in [0.5, 0.6) is 0 Å². The van der Waals surface area contributed by atoms with Gasteiger partial charge in [-0.1, -0.05) is 42.5 Å². The van der Waals surface area contributed by atoms with Gasteiger partial charge in [0.25, 0.3) is 5.91 Å². The highest BCUT2D eigenvalue weighted by Gasteiger charge is 2.30. The minimum Gasteiger partial charge on any atom is -0.267 e. The number of fused-ring (bicyclic) bond motifs is 1. The van der Waals surface area contributed by atoms with Crippen LogP contribution in [0.25, 0.3) is 21.6 Å². The Morgan fingerprint density at radius 3 is 2.43 bits per heavy atom. The van der Waals surface area contributed by atoms with Crippen molar-refractivity contribution in [2.24, 2.45) is 0 Å². The molecule has 0 fully saturated rings.